The van der Waals surface area contributed by atoms with Crippen molar-refractivity contribution in [1.29, 1.82) is 0 Å². The van der Waals surface area contributed by atoms with Crippen molar-refractivity contribution in [2.45, 2.75) is 6.54 Å². The van der Waals surface area contributed by atoms with Crippen molar-refractivity contribution in [2.75, 3.05) is 58.8 Å². The largest absolute Gasteiger partial charge is 0.384 e. The van der Waals surface area contributed by atoms with Crippen molar-refractivity contribution in [2.24, 2.45) is 0 Å². The number of rotatable bonds is 9. The Morgan fingerprint density at radius 3 is 2.62 bits per heavy atom. The molecule has 5 heteroatoms. The monoisotopic (exact) mass is 393 g/mol. The summed E-state index contributed by atoms with van der Waals surface area (Å²) >= 11 is 0. The molecule has 0 atom stereocenters. The summed E-state index contributed by atoms with van der Waals surface area (Å²) in [5.41, 5.74) is 4.04. The number of nitrogens with zero attached hydrogens (tertiary/aromatic N) is 2. The third-order valence-corrected chi connectivity index (χ3v) is 4.95. The van der Waals surface area contributed by atoms with E-state index in [1.54, 1.807) is 6.08 Å². The molecule has 0 radical (unpaired) electrons. The zero-order chi connectivity index (χ0) is 20.5. The third kappa shape index (κ3) is 7.13. The minimum Gasteiger partial charge on any atom is -0.384 e. The van der Waals surface area contributed by atoms with Crippen molar-refractivity contribution in [3.63, 3.8) is 0 Å². The molecule has 1 fully saturated rings. The zero-order valence-electron chi connectivity index (χ0n) is 17.4. The van der Waals surface area contributed by atoms with Crippen LogP contribution < -0.4 is 5.32 Å². The van der Waals surface area contributed by atoms with Crippen LogP contribution in [0.4, 0.5) is 5.69 Å². The van der Waals surface area contributed by atoms with Crippen LogP contribution in [0.25, 0.3) is 6.08 Å². The van der Waals surface area contributed by atoms with Crippen molar-refractivity contribution in [1.82, 2.24) is 9.80 Å². The Morgan fingerprint density at radius 2 is 1.90 bits per heavy atom. The summed E-state index contributed by atoms with van der Waals surface area (Å²) in [5.74, 6) is 0.0171. The van der Waals surface area contributed by atoms with Crippen LogP contribution in [-0.4, -0.2) is 69.1 Å². The topological polar surface area (TPSA) is 44.8 Å². The van der Waals surface area contributed by atoms with Gasteiger partial charge in [-0.05, 0) is 55.6 Å². The van der Waals surface area contributed by atoms with Crippen molar-refractivity contribution in [3.8, 4) is 0 Å². The molecule has 0 aliphatic carbocycles. The summed E-state index contributed by atoms with van der Waals surface area (Å²) in [7, 11) is 4.10. The van der Waals surface area contributed by atoms with Gasteiger partial charge >= 0.3 is 0 Å². The van der Waals surface area contributed by atoms with Crippen LogP contribution in [0, 0.1) is 0 Å². The molecule has 1 saturated heterocycles. The number of anilines is 1. The smallest absolute Gasteiger partial charge is 0.185 e. The van der Waals surface area contributed by atoms with Gasteiger partial charge < -0.3 is 15.0 Å². The summed E-state index contributed by atoms with van der Waals surface area (Å²) < 4.78 is 5.41. The number of ether oxygens (including phenoxy) is 1. The first-order valence-electron chi connectivity index (χ1n) is 10.2. The molecule has 1 aliphatic rings. The third-order valence-electron chi connectivity index (χ3n) is 4.95. The van der Waals surface area contributed by atoms with Gasteiger partial charge in [-0.2, -0.15) is 0 Å². The van der Waals surface area contributed by atoms with Gasteiger partial charge in [0.2, 0.25) is 0 Å². The fourth-order valence-corrected chi connectivity index (χ4v) is 3.26. The fourth-order valence-electron chi connectivity index (χ4n) is 3.26. The van der Waals surface area contributed by atoms with E-state index in [1.165, 1.54) is 5.56 Å². The molecule has 1 heterocycles. The highest BCUT2D eigenvalue weighted by Gasteiger charge is 2.10. The van der Waals surface area contributed by atoms with E-state index < -0.39 is 0 Å². The molecular formula is C24H31N3O2. The lowest BCUT2D eigenvalue weighted by atomic mass is 10.1. The van der Waals surface area contributed by atoms with Crippen LogP contribution in [0.5, 0.6) is 0 Å². The molecule has 2 aromatic carbocycles. The summed E-state index contributed by atoms with van der Waals surface area (Å²) in [4.78, 5) is 17.0. The summed E-state index contributed by atoms with van der Waals surface area (Å²) in [5, 5.41) is 3.36. The van der Waals surface area contributed by atoms with Gasteiger partial charge in [0.1, 0.15) is 0 Å². The molecule has 0 saturated carbocycles. The number of hydrogen-bond acceptors (Lipinski definition) is 5. The Bertz CT molecular complexity index is 809. The van der Waals surface area contributed by atoms with Gasteiger partial charge in [-0.3, -0.25) is 9.69 Å². The lowest BCUT2D eigenvalue weighted by Gasteiger charge is -2.26. The normalized spacial score (nSPS) is 15.1. The minimum absolute atomic E-state index is 0.0171. The maximum absolute atomic E-state index is 12.5. The first-order valence-corrected chi connectivity index (χ1v) is 10.2. The van der Waals surface area contributed by atoms with E-state index in [4.69, 9.17) is 4.74 Å². The van der Waals surface area contributed by atoms with Crippen LogP contribution in [-0.2, 0) is 11.3 Å². The predicted molar refractivity (Wildman–Crippen MR) is 119 cm³/mol. The molecule has 29 heavy (non-hydrogen) atoms. The molecular weight excluding hydrogens is 362 g/mol. The van der Waals surface area contributed by atoms with E-state index in [2.05, 4.69) is 27.2 Å². The van der Waals surface area contributed by atoms with Crippen molar-refractivity contribution in [3.05, 3.63) is 71.3 Å². The average Bonchev–Trinajstić information content (AvgIpc) is 2.73. The molecule has 3 rings (SSSR count). The second kappa shape index (κ2) is 10.9. The number of hydrogen-bond donors (Lipinski definition) is 1. The quantitative estimate of drug-likeness (QED) is 0.523. The minimum atomic E-state index is 0.0171. The standard InChI is InChI=1S/C24H31N3O2/c1-26(2)13-12-25-23-9-7-22(8-10-23)24(28)11-6-20-4-3-5-21(18-20)19-27-14-16-29-17-15-27/h3-11,18,25H,12-17,19H2,1-2H3. The molecule has 154 valence electrons. The summed E-state index contributed by atoms with van der Waals surface area (Å²) in [6.45, 7) is 6.31. The molecule has 5 nitrogen and oxygen atoms in total. The zero-order valence-corrected chi connectivity index (χ0v) is 17.4. The number of allylic oxidation sites excluding steroid dienone is 1. The number of likely N-dealkylation sites (N-methyl/N-ethyl adjacent to an activating group) is 1. The Balaban J connectivity index is 1.55. The lowest BCUT2D eigenvalue weighted by Crippen LogP contribution is -2.35. The predicted octanol–water partition coefficient (Wildman–Crippen LogP) is 3.39. The van der Waals surface area contributed by atoms with Crippen LogP contribution in [0.15, 0.2) is 54.6 Å². The molecule has 2 aromatic rings. The van der Waals surface area contributed by atoms with E-state index in [1.807, 2.05) is 56.6 Å². The first-order chi connectivity index (χ1) is 14.1. The SMILES string of the molecule is CN(C)CCNc1ccc(C(=O)C=Cc2cccc(CN3CCOCC3)c2)cc1. The molecule has 0 bridgehead atoms. The van der Waals surface area contributed by atoms with Crippen LogP contribution in [0.3, 0.4) is 0 Å². The maximum atomic E-state index is 12.5. The highest BCUT2D eigenvalue weighted by Crippen LogP contribution is 2.13. The van der Waals surface area contributed by atoms with E-state index in [-0.39, 0.29) is 5.78 Å². The van der Waals surface area contributed by atoms with Gasteiger partial charge in [-0.25, -0.2) is 0 Å². The van der Waals surface area contributed by atoms with E-state index in [0.29, 0.717) is 5.56 Å². The molecule has 1 N–H and O–H groups in total. The Labute approximate surface area is 174 Å². The Morgan fingerprint density at radius 1 is 1.14 bits per heavy atom. The average molecular weight is 394 g/mol. The maximum Gasteiger partial charge on any atom is 0.185 e. The van der Waals surface area contributed by atoms with Crippen LogP contribution in [0.1, 0.15) is 21.5 Å². The van der Waals surface area contributed by atoms with Crippen molar-refractivity contribution < 1.29 is 9.53 Å². The number of carbonyl (C=O) groups is 1. The number of morpholine rings is 1. The van der Waals surface area contributed by atoms with E-state index in [0.717, 1.165) is 57.2 Å². The van der Waals surface area contributed by atoms with Gasteiger partial charge in [0, 0.05) is 44.0 Å². The van der Waals surface area contributed by atoms with Crippen LogP contribution in [0.2, 0.25) is 0 Å². The summed E-state index contributed by atoms with van der Waals surface area (Å²) in [6.07, 6.45) is 3.55. The van der Waals surface area contributed by atoms with E-state index in [9.17, 15) is 4.79 Å². The van der Waals surface area contributed by atoms with Crippen LogP contribution >= 0.6 is 0 Å². The highest BCUT2D eigenvalue weighted by molar-refractivity contribution is 6.06. The number of carbonyl (C=O) groups excluding carboxylic acids is 1. The molecule has 0 unspecified atom stereocenters. The molecule has 1 aliphatic heterocycles. The fraction of sp³-hybridized carbons (Fsp3) is 0.375. The first kappa shape index (κ1) is 21.2. The number of ketones is 1. The van der Waals surface area contributed by atoms with Gasteiger partial charge in [-0.15, -0.1) is 0 Å². The molecule has 0 amide bonds. The second-order valence-electron chi connectivity index (χ2n) is 7.64. The Kier molecular flexibility index (Phi) is 7.99. The van der Waals surface area contributed by atoms with Crippen molar-refractivity contribution >= 4 is 17.5 Å². The summed E-state index contributed by atoms with van der Waals surface area (Å²) in [6, 6.07) is 16.0. The molecule has 0 aromatic heterocycles. The highest BCUT2D eigenvalue weighted by atomic mass is 16.5. The van der Waals surface area contributed by atoms with E-state index >= 15 is 0 Å². The van der Waals surface area contributed by atoms with Gasteiger partial charge in [-0.1, -0.05) is 30.3 Å². The second-order valence-corrected chi connectivity index (χ2v) is 7.64. The van der Waals surface area contributed by atoms with Gasteiger partial charge in [0.15, 0.2) is 5.78 Å². The number of nitrogens with one attached hydrogen (secondary N) is 1. The Hall–Kier alpha value is -2.47. The lowest BCUT2D eigenvalue weighted by molar-refractivity contribution is 0.0342. The number of benzene rings is 2. The van der Waals surface area contributed by atoms with Gasteiger partial charge in [0.25, 0.3) is 0 Å². The van der Waals surface area contributed by atoms with Gasteiger partial charge in [0.05, 0.1) is 13.2 Å². The molecule has 0 spiro atoms.